The summed E-state index contributed by atoms with van der Waals surface area (Å²) >= 11 is 0. The number of aliphatic hydroxyl groups is 1. The molecule has 1 saturated heterocycles. The van der Waals surface area contributed by atoms with Gasteiger partial charge in [-0.3, -0.25) is 4.79 Å². The van der Waals surface area contributed by atoms with E-state index in [1.54, 1.807) is 7.11 Å². The third kappa shape index (κ3) is 6.33. The molecule has 0 aliphatic carbocycles. The normalized spacial score (nSPS) is 18.6. The van der Waals surface area contributed by atoms with E-state index >= 15 is 0 Å². The van der Waals surface area contributed by atoms with Gasteiger partial charge in [-0.1, -0.05) is 0 Å². The zero-order valence-corrected chi connectivity index (χ0v) is 11.3. The number of piperidine rings is 1. The van der Waals surface area contributed by atoms with Crippen molar-refractivity contribution in [2.24, 2.45) is 5.92 Å². The standard InChI is InChI=1S/C13H26N2O3/c1-18-9-6-12(10-16)15-13(17)3-2-11-4-7-14-8-5-11/h11-12,14,16H,2-10H2,1H3,(H,15,17). The largest absolute Gasteiger partial charge is 0.394 e. The summed E-state index contributed by atoms with van der Waals surface area (Å²) in [6.45, 7) is 2.67. The van der Waals surface area contributed by atoms with E-state index in [2.05, 4.69) is 10.6 Å². The molecule has 3 N–H and O–H groups in total. The average Bonchev–Trinajstić information content (AvgIpc) is 2.42. The summed E-state index contributed by atoms with van der Waals surface area (Å²) in [6.07, 6.45) is 4.51. The summed E-state index contributed by atoms with van der Waals surface area (Å²) in [4.78, 5) is 11.7. The fraction of sp³-hybridized carbons (Fsp3) is 0.923. The summed E-state index contributed by atoms with van der Waals surface area (Å²) < 4.78 is 4.94. The van der Waals surface area contributed by atoms with Crippen LogP contribution in [0.2, 0.25) is 0 Å². The SMILES string of the molecule is COCCC(CO)NC(=O)CCC1CCNCC1. The molecule has 0 radical (unpaired) electrons. The van der Waals surface area contributed by atoms with E-state index in [0.717, 1.165) is 19.5 Å². The highest BCUT2D eigenvalue weighted by Gasteiger charge is 2.16. The van der Waals surface area contributed by atoms with Gasteiger partial charge in [-0.25, -0.2) is 0 Å². The molecule has 1 unspecified atom stereocenters. The smallest absolute Gasteiger partial charge is 0.220 e. The first-order valence-corrected chi connectivity index (χ1v) is 6.86. The molecule has 0 aromatic carbocycles. The maximum Gasteiger partial charge on any atom is 0.220 e. The fourth-order valence-corrected chi connectivity index (χ4v) is 2.27. The van der Waals surface area contributed by atoms with Crippen molar-refractivity contribution in [3.05, 3.63) is 0 Å². The van der Waals surface area contributed by atoms with Crippen molar-refractivity contribution in [2.75, 3.05) is 33.4 Å². The number of aliphatic hydroxyl groups excluding tert-OH is 1. The van der Waals surface area contributed by atoms with Crippen molar-refractivity contribution in [2.45, 2.75) is 38.1 Å². The maximum atomic E-state index is 11.7. The predicted molar refractivity (Wildman–Crippen MR) is 70.3 cm³/mol. The highest BCUT2D eigenvalue weighted by molar-refractivity contribution is 5.76. The van der Waals surface area contributed by atoms with Crippen LogP contribution in [-0.4, -0.2) is 50.5 Å². The Bertz CT molecular complexity index is 230. The van der Waals surface area contributed by atoms with Gasteiger partial charge < -0.3 is 20.5 Å². The van der Waals surface area contributed by atoms with Crippen molar-refractivity contribution in [3.8, 4) is 0 Å². The van der Waals surface area contributed by atoms with E-state index in [1.807, 2.05) is 0 Å². The maximum absolute atomic E-state index is 11.7. The van der Waals surface area contributed by atoms with E-state index in [0.29, 0.717) is 25.4 Å². The van der Waals surface area contributed by atoms with Gasteiger partial charge in [-0.2, -0.15) is 0 Å². The molecular formula is C13H26N2O3. The molecule has 5 nitrogen and oxygen atoms in total. The minimum Gasteiger partial charge on any atom is -0.394 e. The molecule has 0 saturated carbocycles. The number of hydrogen-bond donors (Lipinski definition) is 3. The number of nitrogens with one attached hydrogen (secondary N) is 2. The van der Waals surface area contributed by atoms with E-state index in [9.17, 15) is 4.79 Å². The van der Waals surface area contributed by atoms with Crippen molar-refractivity contribution in [3.63, 3.8) is 0 Å². The average molecular weight is 258 g/mol. The van der Waals surface area contributed by atoms with Gasteiger partial charge >= 0.3 is 0 Å². The van der Waals surface area contributed by atoms with Crippen molar-refractivity contribution in [1.29, 1.82) is 0 Å². The van der Waals surface area contributed by atoms with Crippen LogP contribution in [0.5, 0.6) is 0 Å². The van der Waals surface area contributed by atoms with Crippen molar-refractivity contribution >= 4 is 5.91 Å². The quantitative estimate of drug-likeness (QED) is 0.585. The van der Waals surface area contributed by atoms with E-state index in [4.69, 9.17) is 9.84 Å². The lowest BCUT2D eigenvalue weighted by molar-refractivity contribution is -0.122. The highest BCUT2D eigenvalue weighted by Crippen LogP contribution is 2.17. The predicted octanol–water partition coefficient (Wildman–Crippen LogP) is 0.280. The second-order valence-electron chi connectivity index (χ2n) is 4.96. The van der Waals surface area contributed by atoms with Gasteiger partial charge in [0.05, 0.1) is 12.6 Å². The summed E-state index contributed by atoms with van der Waals surface area (Å²) in [5.74, 6) is 0.715. The summed E-state index contributed by atoms with van der Waals surface area (Å²) in [5.41, 5.74) is 0. The van der Waals surface area contributed by atoms with Gasteiger partial charge in [0, 0.05) is 20.1 Å². The van der Waals surface area contributed by atoms with Crippen LogP contribution in [-0.2, 0) is 9.53 Å². The van der Waals surface area contributed by atoms with Crippen LogP contribution < -0.4 is 10.6 Å². The molecule has 1 heterocycles. The number of carbonyl (C=O) groups excluding carboxylic acids is 1. The van der Waals surface area contributed by atoms with Gasteiger partial charge in [-0.05, 0) is 44.7 Å². The number of rotatable bonds is 8. The molecule has 1 aliphatic rings. The van der Waals surface area contributed by atoms with Crippen molar-refractivity contribution < 1.29 is 14.6 Å². The molecule has 1 rings (SSSR count). The van der Waals surface area contributed by atoms with Crippen LogP contribution in [0, 0.1) is 5.92 Å². The Labute approximate surface area is 109 Å². The van der Waals surface area contributed by atoms with E-state index < -0.39 is 0 Å². The number of carbonyl (C=O) groups is 1. The van der Waals surface area contributed by atoms with Gasteiger partial charge in [0.2, 0.25) is 5.91 Å². The van der Waals surface area contributed by atoms with Crippen LogP contribution in [0.4, 0.5) is 0 Å². The van der Waals surface area contributed by atoms with Gasteiger partial charge in [0.25, 0.3) is 0 Å². The Kier molecular flexibility index (Phi) is 7.96. The monoisotopic (exact) mass is 258 g/mol. The molecule has 18 heavy (non-hydrogen) atoms. The molecule has 0 aromatic rings. The minimum absolute atomic E-state index is 0.0253. The van der Waals surface area contributed by atoms with Crippen LogP contribution in [0.3, 0.4) is 0 Å². The lowest BCUT2D eigenvalue weighted by Gasteiger charge is -2.22. The summed E-state index contributed by atoms with van der Waals surface area (Å²) in [7, 11) is 1.62. The molecular weight excluding hydrogens is 232 g/mol. The topological polar surface area (TPSA) is 70.6 Å². The first kappa shape index (κ1) is 15.4. The van der Waals surface area contributed by atoms with Gasteiger partial charge in [0.15, 0.2) is 0 Å². The Morgan fingerprint density at radius 3 is 2.83 bits per heavy atom. The highest BCUT2D eigenvalue weighted by atomic mass is 16.5. The van der Waals surface area contributed by atoms with E-state index in [1.165, 1.54) is 12.8 Å². The van der Waals surface area contributed by atoms with E-state index in [-0.39, 0.29) is 18.6 Å². The third-order valence-electron chi connectivity index (χ3n) is 3.49. The van der Waals surface area contributed by atoms with Crippen molar-refractivity contribution in [1.82, 2.24) is 10.6 Å². The Balaban J connectivity index is 2.14. The number of ether oxygens (including phenoxy) is 1. The Morgan fingerprint density at radius 2 is 2.22 bits per heavy atom. The molecule has 106 valence electrons. The Morgan fingerprint density at radius 1 is 1.50 bits per heavy atom. The van der Waals surface area contributed by atoms with Gasteiger partial charge in [-0.15, -0.1) is 0 Å². The summed E-state index contributed by atoms with van der Waals surface area (Å²) in [5, 5.41) is 15.3. The summed E-state index contributed by atoms with van der Waals surface area (Å²) in [6, 6.07) is -0.175. The second-order valence-corrected chi connectivity index (χ2v) is 4.96. The third-order valence-corrected chi connectivity index (χ3v) is 3.49. The number of amides is 1. The molecule has 1 atom stereocenters. The van der Waals surface area contributed by atoms with Crippen LogP contribution in [0.25, 0.3) is 0 Å². The second kappa shape index (κ2) is 9.30. The molecule has 0 aromatic heterocycles. The molecule has 5 heteroatoms. The first-order chi connectivity index (χ1) is 8.76. The first-order valence-electron chi connectivity index (χ1n) is 6.86. The minimum atomic E-state index is -0.175. The Hall–Kier alpha value is -0.650. The van der Waals surface area contributed by atoms with Crippen LogP contribution in [0.15, 0.2) is 0 Å². The number of methoxy groups -OCH3 is 1. The van der Waals surface area contributed by atoms with Crippen LogP contribution >= 0.6 is 0 Å². The van der Waals surface area contributed by atoms with Gasteiger partial charge in [0.1, 0.15) is 0 Å². The fourth-order valence-electron chi connectivity index (χ4n) is 2.27. The zero-order chi connectivity index (χ0) is 13.2. The lowest BCUT2D eigenvalue weighted by Crippen LogP contribution is -2.38. The molecule has 1 amide bonds. The molecule has 1 aliphatic heterocycles. The molecule has 0 bridgehead atoms. The van der Waals surface area contributed by atoms with Crippen LogP contribution in [0.1, 0.15) is 32.1 Å². The molecule has 0 spiro atoms. The molecule has 1 fully saturated rings. The number of hydrogen-bond acceptors (Lipinski definition) is 4. The zero-order valence-electron chi connectivity index (χ0n) is 11.3. The lowest BCUT2D eigenvalue weighted by atomic mass is 9.93.